The zero-order chi connectivity index (χ0) is 14.4. The van der Waals surface area contributed by atoms with E-state index in [0.29, 0.717) is 12.0 Å². The van der Waals surface area contributed by atoms with Crippen molar-refractivity contribution in [1.29, 1.82) is 0 Å². The Morgan fingerprint density at radius 3 is 2.30 bits per heavy atom. The molecular weight excluding hydrogens is 252 g/mol. The maximum absolute atomic E-state index is 11.1. The first-order valence-corrected chi connectivity index (χ1v) is 6.76. The lowest BCUT2D eigenvalue weighted by atomic mass is 9.99. The lowest BCUT2D eigenvalue weighted by molar-refractivity contribution is 0.0692. The lowest BCUT2D eigenvalue weighted by Crippen LogP contribution is -2.03. The van der Waals surface area contributed by atoms with Crippen LogP contribution >= 0.6 is 0 Å². The molecule has 0 aliphatic heterocycles. The highest BCUT2D eigenvalue weighted by Crippen LogP contribution is 2.22. The summed E-state index contributed by atoms with van der Waals surface area (Å²) < 4.78 is 0. The Hall–Kier alpha value is -2.29. The van der Waals surface area contributed by atoms with Gasteiger partial charge in [-0.25, -0.2) is 4.79 Å². The molecule has 3 nitrogen and oxygen atoms in total. The molecule has 2 rings (SSSR count). The number of carbonyl (C=O) groups is 1. The first-order chi connectivity index (χ1) is 9.68. The number of phenols is 1. The molecule has 0 aliphatic carbocycles. The van der Waals surface area contributed by atoms with Gasteiger partial charge in [0.2, 0.25) is 0 Å². The van der Waals surface area contributed by atoms with Gasteiger partial charge >= 0.3 is 5.97 Å². The van der Waals surface area contributed by atoms with Crippen LogP contribution in [0.4, 0.5) is 0 Å². The Morgan fingerprint density at radius 1 is 0.900 bits per heavy atom. The SMILES string of the molecule is O=C(O)c1c(O)cccc1CCCCc1ccccc1. The van der Waals surface area contributed by atoms with Gasteiger partial charge in [0, 0.05) is 0 Å². The largest absolute Gasteiger partial charge is 0.507 e. The zero-order valence-corrected chi connectivity index (χ0v) is 11.2. The number of rotatable bonds is 6. The molecule has 2 N–H and O–H groups in total. The molecule has 2 aromatic rings. The number of carboxylic acid groups (broad SMARTS) is 1. The monoisotopic (exact) mass is 270 g/mol. The number of unbranched alkanes of at least 4 members (excludes halogenated alkanes) is 1. The maximum Gasteiger partial charge on any atom is 0.339 e. The molecule has 0 radical (unpaired) electrons. The second-order valence-corrected chi connectivity index (χ2v) is 4.81. The van der Waals surface area contributed by atoms with E-state index in [4.69, 9.17) is 5.11 Å². The Morgan fingerprint density at radius 2 is 1.60 bits per heavy atom. The number of carboxylic acids is 1. The van der Waals surface area contributed by atoms with E-state index in [1.165, 1.54) is 11.6 Å². The molecule has 2 aromatic carbocycles. The van der Waals surface area contributed by atoms with Crippen LogP contribution in [0.25, 0.3) is 0 Å². The fourth-order valence-corrected chi connectivity index (χ4v) is 2.33. The average molecular weight is 270 g/mol. The zero-order valence-electron chi connectivity index (χ0n) is 11.2. The predicted octanol–water partition coefficient (Wildman–Crippen LogP) is 3.66. The van der Waals surface area contributed by atoms with Crippen molar-refractivity contribution in [3.05, 3.63) is 65.2 Å². The number of aromatic carboxylic acids is 1. The highest BCUT2D eigenvalue weighted by molar-refractivity contribution is 5.92. The summed E-state index contributed by atoms with van der Waals surface area (Å²) >= 11 is 0. The standard InChI is InChI=1S/C17H18O3/c18-15-12-6-11-14(16(15)17(19)20)10-5-4-9-13-7-2-1-3-8-13/h1-3,6-8,11-12,18H,4-5,9-10H2,(H,19,20). The summed E-state index contributed by atoms with van der Waals surface area (Å²) in [5.74, 6) is -1.22. The number of hydrogen-bond acceptors (Lipinski definition) is 2. The third-order valence-electron chi connectivity index (χ3n) is 3.35. The summed E-state index contributed by atoms with van der Waals surface area (Å²) in [6.07, 6.45) is 3.56. The molecule has 0 aliphatic rings. The molecule has 0 atom stereocenters. The van der Waals surface area contributed by atoms with Gasteiger partial charge in [-0.05, 0) is 42.9 Å². The highest BCUT2D eigenvalue weighted by atomic mass is 16.4. The second-order valence-electron chi connectivity index (χ2n) is 4.81. The Balaban J connectivity index is 1.92. The van der Waals surface area contributed by atoms with Gasteiger partial charge in [0.1, 0.15) is 11.3 Å². The molecular formula is C17H18O3. The van der Waals surface area contributed by atoms with Crippen LogP contribution < -0.4 is 0 Å². The number of benzene rings is 2. The van der Waals surface area contributed by atoms with Crippen LogP contribution in [0.15, 0.2) is 48.5 Å². The van der Waals surface area contributed by atoms with Crippen LogP contribution in [0.2, 0.25) is 0 Å². The van der Waals surface area contributed by atoms with Crippen LogP contribution in [0.1, 0.15) is 34.3 Å². The van der Waals surface area contributed by atoms with Crippen molar-refractivity contribution in [3.8, 4) is 5.75 Å². The summed E-state index contributed by atoms with van der Waals surface area (Å²) in [7, 11) is 0. The molecule has 0 spiro atoms. The first-order valence-electron chi connectivity index (χ1n) is 6.76. The Bertz CT molecular complexity index is 576. The molecule has 0 amide bonds. The molecule has 20 heavy (non-hydrogen) atoms. The molecule has 104 valence electrons. The maximum atomic E-state index is 11.1. The fourth-order valence-electron chi connectivity index (χ4n) is 2.33. The fraction of sp³-hybridized carbons (Fsp3) is 0.235. The van der Waals surface area contributed by atoms with E-state index in [1.807, 2.05) is 18.2 Å². The van der Waals surface area contributed by atoms with Crippen LogP contribution in [-0.4, -0.2) is 16.2 Å². The van der Waals surface area contributed by atoms with E-state index in [2.05, 4.69) is 12.1 Å². The minimum Gasteiger partial charge on any atom is -0.507 e. The van der Waals surface area contributed by atoms with Crippen molar-refractivity contribution in [1.82, 2.24) is 0 Å². The predicted molar refractivity (Wildman–Crippen MR) is 78.2 cm³/mol. The number of hydrogen-bond donors (Lipinski definition) is 2. The smallest absolute Gasteiger partial charge is 0.339 e. The molecule has 0 saturated carbocycles. The van der Waals surface area contributed by atoms with Gasteiger partial charge in [-0.1, -0.05) is 42.5 Å². The van der Waals surface area contributed by atoms with E-state index in [9.17, 15) is 9.90 Å². The molecule has 3 heteroatoms. The summed E-state index contributed by atoms with van der Waals surface area (Å²) in [5.41, 5.74) is 2.03. The van der Waals surface area contributed by atoms with Gasteiger partial charge in [-0.2, -0.15) is 0 Å². The summed E-state index contributed by atoms with van der Waals surface area (Å²) in [6.45, 7) is 0. The van der Waals surface area contributed by atoms with Crippen LogP contribution in [0.3, 0.4) is 0 Å². The number of aryl methyl sites for hydroxylation is 2. The van der Waals surface area contributed by atoms with Crippen LogP contribution in [-0.2, 0) is 12.8 Å². The molecule has 0 unspecified atom stereocenters. The van der Waals surface area contributed by atoms with Crippen molar-refractivity contribution in [2.24, 2.45) is 0 Å². The van der Waals surface area contributed by atoms with Gasteiger partial charge in [0.25, 0.3) is 0 Å². The van der Waals surface area contributed by atoms with E-state index < -0.39 is 5.97 Å². The average Bonchev–Trinajstić information content (AvgIpc) is 2.44. The van der Waals surface area contributed by atoms with E-state index >= 15 is 0 Å². The van der Waals surface area contributed by atoms with Crippen molar-refractivity contribution >= 4 is 5.97 Å². The van der Waals surface area contributed by atoms with E-state index in [1.54, 1.807) is 12.1 Å². The van der Waals surface area contributed by atoms with Crippen molar-refractivity contribution < 1.29 is 15.0 Å². The summed E-state index contributed by atoms with van der Waals surface area (Å²) in [4.78, 5) is 11.1. The van der Waals surface area contributed by atoms with Crippen LogP contribution in [0, 0.1) is 0 Å². The van der Waals surface area contributed by atoms with Gasteiger partial charge in [0.05, 0.1) is 0 Å². The van der Waals surface area contributed by atoms with Gasteiger partial charge in [-0.3, -0.25) is 0 Å². The quantitative estimate of drug-likeness (QED) is 0.788. The Kier molecular flexibility index (Phi) is 4.77. The first kappa shape index (κ1) is 14.1. The summed E-state index contributed by atoms with van der Waals surface area (Å²) in [5, 5.41) is 18.7. The number of aromatic hydroxyl groups is 1. The van der Waals surface area contributed by atoms with Gasteiger partial charge in [0.15, 0.2) is 0 Å². The van der Waals surface area contributed by atoms with Crippen molar-refractivity contribution in [2.75, 3.05) is 0 Å². The summed E-state index contributed by atoms with van der Waals surface area (Å²) in [6, 6.07) is 15.1. The molecule has 0 fully saturated rings. The topological polar surface area (TPSA) is 57.5 Å². The third kappa shape index (κ3) is 3.60. The third-order valence-corrected chi connectivity index (χ3v) is 3.35. The lowest BCUT2D eigenvalue weighted by Gasteiger charge is -2.07. The van der Waals surface area contributed by atoms with E-state index in [-0.39, 0.29) is 11.3 Å². The normalized spacial score (nSPS) is 10.4. The van der Waals surface area contributed by atoms with Crippen molar-refractivity contribution in [2.45, 2.75) is 25.7 Å². The minimum atomic E-state index is -1.07. The molecule has 0 bridgehead atoms. The Labute approximate surface area is 118 Å². The van der Waals surface area contributed by atoms with Crippen LogP contribution in [0.5, 0.6) is 5.75 Å². The van der Waals surface area contributed by atoms with E-state index in [0.717, 1.165) is 19.3 Å². The minimum absolute atomic E-state index is 0.0345. The highest BCUT2D eigenvalue weighted by Gasteiger charge is 2.14. The molecule has 0 saturated heterocycles. The second kappa shape index (κ2) is 6.75. The van der Waals surface area contributed by atoms with Gasteiger partial charge < -0.3 is 10.2 Å². The van der Waals surface area contributed by atoms with Crippen molar-refractivity contribution in [3.63, 3.8) is 0 Å². The van der Waals surface area contributed by atoms with Gasteiger partial charge in [-0.15, -0.1) is 0 Å². The molecule has 0 aromatic heterocycles. The molecule has 0 heterocycles.